The summed E-state index contributed by atoms with van der Waals surface area (Å²) in [6, 6.07) is 4.98. The monoisotopic (exact) mass is 495 g/mol. The summed E-state index contributed by atoms with van der Waals surface area (Å²) in [5.41, 5.74) is 8.64. The second-order valence-electron chi connectivity index (χ2n) is 8.27. The number of carbonyl (C=O) groups excluding carboxylic acids is 1. The van der Waals surface area contributed by atoms with Gasteiger partial charge in [-0.1, -0.05) is 0 Å². The van der Waals surface area contributed by atoms with Gasteiger partial charge in [0.05, 0.1) is 36.2 Å². The van der Waals surface area contributed by atoms with Crippen molar-refractivity contribution < 1.29 is 20.1 Å². The van der Waals surface area contributed by atoms with Crippen molar-refractivity contribution in [3.05, 3.63) is 52.8 Å². The number of carbonyl (C=O) groups is 1. The van der Waals surface area contributed by atoms with E-state index in [-0.39, 0.29) is 25.7 Å². The van der Waals surface area contributed by atoms with Crippen LogP contribution in [0.4, 0.5) is 17.6 Å². The van der Waals surface area contributed by atoms with Gasteiger partial charge in [-0.15, -0.1) is 11.3 Å². The van der Waals surface area contributed by atoms with Crippen LogP contribution in [0.3, 0.4) is 0 Å². The highest BCUT2D eigenvalue weighted by Crippen LogP contribution is 2.34. The van der Waals surface area contributed by atoms with Gasteiger partial charge in [-0.25, -0.2) is 9.97 Å². The molecule has 0 spiro atoms. The zero-order valence-corrected chi connectivity index (χ0v) is 19.6. The minimum atomic E-state index is -0.398. The summed E-state index contributed by atoms with van der Waals surface area (Å²) in [5, 5.41) is 34.1. The average Bonchev–Trinajstić information content (AvgIpc) is 3.63. The number of nitrogens with one attached hydrogen (secondary N) is 1. The van der Waals surface area contributed by atoms with Gasteiger partial charge in [0.15, 0.2) is 11.6 Å². The highest BCUT2D eigenvalue weighted by molar-refractivity contribution is 7.17. The predicted octanol–water partition coefficient (Wildman–Crippen LogP) is 1.55. The van der Waals surface area contributed by atoms with Crippen LogP contribution in [0.2, 0.25) is 0 Å². The number of amides is 1. The summed E-state index contributed by atoms with van der Waals surface area (Å²) in [7, 11) is 0. The summed E-state index contributed by atoms with van der Waals surface area (Å²) in [6.45, 7) is -0.121. The molecule has 5 rings (SSSR count). The molecule has 1 aliphatic rings. The Hall–Kier alpha value is -3.58. The second-order valence-corrected chi connectivity index (χ2v) is 9.18. The number of fused-ring (bicyclic) bond motifs is 1. The molecule has 1 saturated heterocycles. The number of aliphatic hydroxyl groups excluding tert-OH is 3. The topological polar surface area (TPSA) is 163 Å². The first kappa shape index (κ1) is 23.2. The molecule has 11 nitrogen and oxygen atoms in total. The summed E-state index contributed by atoms with van der Waals surface area (Å²) in [6.07, 6.45) is 4.88. The molecule has 1 atom stereocenters. The summed E-state index contributed by atoms with van der Waals surface area (Å²) in [5.74, 6) is 1.14. The maximum atomic E-state index is 12.0. The fourth-order valence-corrected chi connectivity index (χ4v) is 5.31. The summed E-state index contributed by atoms with van der Waals surface area (Å²) < 4.78 is 2.63. The lowest BCUT2D eigenvalue weighted by molar-refractivity contribution is -0.119. The van der Waals surface area contributed by atoms with Crippen LogP contribution in [0, 0.1) is 0 Å². The lowest BCUT2D eigenvalue weighted by Gasteiger charge is -2.24. The third-order valence-electron chi connectivity index (χ3n) is 6.18. The molecule has 1 amide bonds. The summed E-state index contributed by atoms with van der Waals surface area (Å²) >= 11 is 1.52. The van der Waals surface area contributed by atoms with E-state index in [1.807, 2.05) is 16.3 Å². The van der Waals surface area contributed by atoms with Crippen LogP contribution in [-0.4, -0.2) is 53.3 Å². The number of aliphatic hydroxyl groups is 3. The first-order valence-corrected chi connectivity index (χ1v) is 12.0. The van der Waals surface area contributed by atoms with Crippen LogP contribution in [0.25, 0.3) is 15.9 Å². The normalized spacial score (nSPS) is 15.7. The molecule has 1 aliphatic heterocycles. The van der Waals surface area contributed by atoms with Crippen molar-refractivity contribution in [2.24, 2.45) is 5.73 Å². The Labute approximate surface area is 204 Å². The number of primary amides is 1. The smallest absolute Gasteiger partial charge is 0.240 e. The molecule has 0 unspecified atom stereocenters. The van der Waals surface area contributed by atoms with Crippen LogP contribution in [0.1, 0.15) is 29.5 Å². The van der Waals surface area contributed by atoms with E-state index >= 15 is 0 Å². The molecule has 12 heteroatoms. The zero-order valence-electron chi connectivity index (χ0n) is 18.8. The molecule has 0 radical (unpaired) electrons. The minimum absolute atomic E-state index is 0.267. The van der Waals surface area contributed by atoms with Crippen molar-refractivity contribution in [2.45, 2.75) is 38.7 Å². The third-order valence-corrected chi connectivity index (χ3v) is 7.08. The van der Waals surface area contributed by atoms with Crippen LogP contribution >= 0.6 is 11.3 Å². The standard InChI is InChI=1S/C23H25N7O4S/c24-21(34)18-2-1-4-30(18)22-20-17(3-5-35-20)26-23(28-22)27-19-8-29(12-25-19)15-6-13(9-31)16(11-33)14(7-15)10-32/h3,5-8,12,18,31-33H,1-2,4,9-11H2,(H2,24,34)(H,26,27,28)/t18-/m0/s1. The fraction of sp³-hybridized carbons (Fsp3) is 0.304. The van der Waals surface area contributed by atoms with Gasteiger partial charge in [0, 0.05) is 12.2 Å². The average molecular weight is 496 g/mol. The first-order valence-electron chi connectivity index (χ1n) is 11.1. The Kier molecular flexibility index (Phi) is 6.34. The van der Waals surface area contributed by atoms with Crippen LogP contribution in [0.15, 0.2) is 36.1 Å². The number of hydrogen-bond donors (Lipinski definition) is 5. The molecule has 6 N–H and O–H groups in total. The number of benzene rings is 1. The fourth-order valence-electron chi connectivity index (χ4n) is 4.47. The number of imidazole rings is 1. The Bertz CT molecular complexity index is 1360. The number of aromatic nitrogens is 4. The van der Waals surface area contributed by atoms with Crippen LogP contribution < -0.4 is 16.0 Å². The van der Waals surface area contributed by atoms with E-state index in [1.54, 1.807) is 29.2 Å². The van der Waals surface area contributed by atoms with Gasteiger partial charge >= 0.3 is 0 Å². The molecular weight excluding hydrogens is 470 g/mol. The maximum Gasteiger partial charge on any atom is 0.240 e. The van der Waals surface area contributed by atoms with Gasteiger partial charge in [0.25, 0.3) is 0 Å². The van der Waals surface area contributed by atoms with Gasteiger partial charge < -0.3 is 35.8 Å². The van der Waals surface area contributed by atoms with Crippen LogP contribution in [-0.2, 0) is 24.6 Å². The predicted molar refractivity (Wildman–Crippen MR) is 132 cm³/mol. The number of nitrogens with zero attached hydrogens (tertiary/aromatic N) is 5. The van der Waals surface area contributed by atoms with Crippen molar-refractivity contribution in [2.75, 3.05) is 16.8 Å². The van der Waals surface area contributed by atoms with Crippen molar-refractivity contribution in [1.29, 1.82) is 0 Å². The number of thiophene rings is 1. The molecule has 1 aromatic carbocycles. The van der Waals surface area contributed by atoms with E-state index in [9.17, 15) is 20.1 Å². The third kappa shape index (κ3) is 4.32. The van der Waals surface area contributed by atoms with Gasteiger partial charge in [0.1, 0.15) is 12.4 Å². The van der Waals surface area contributed by atoms with E-state index in [1.165, 1.54) is 11.3 Å². The van der Waals surface area contributed by atoms with Gasteiger partial charge in [-0.2, -0.15) is 4.98 Å². The molecule has 35 heavy (non-hydrogen) atoms. The number of anilines is 3. The molecule has 4 heterocycles. The Balaban J connectivity index is 1.47. The Morgan fingerprint density at radius 3 is 2.63 bits per heavy atom. The van der Waals surface area contributed by atoms with E-state index in [0.29, 0.717) is 52.9 Å². The SMILES string of the molecule is NC(=O)[C@@H]1CCCN1c1nc(Nc2cn(-c3cc(CO)c(CO)c(CO)c3)cn2)nc2ccsc12. The minimum Gasteiger partial charge on any atom is -0.392 e. The van der Waals surface area contributed by atoms with E-state index in [2.05, 4.69) is 15.3 Å². The van der Waals surface area contributed by atoms with E-state index in [4.69, 9.17) is 10.7 Å². The van der Waals surface area contributed by atoms with Crippen LogP contribution in [0.5, 0.6) is 0 Å². The van der Waals surface area contributed by atoms with Gasteiger partial charge in [0.2, 0.25) is 11.9 Å². The largest absolute Gasteiger partial charge is 0.392 e. The Morgan fingerprint density at radius 2 is 1.94 bits per heavy atom. The molecule has 0 saturated carbocycles. The molecule has 182 valence electrons. The number of nitrogens with two attached hydrogens (primary N) is 1. The van der Waals surface area contributed by atoms with E-state index in [0.717, 1.165) is 16.6 Å². The summed E-state index contributed by atoms with van der Waals surface area (Å²) in [4.78, 5) is 27.6. The van der Waals surface area contributed by atoms with Crippen molar-refractivity contribution in [3.8, 4) is 5.69 Å². The van der Waals surface area contributed by atoms with Crippen molar-refractivity contribution in [1.82, 2.24) is 19.5 Å². The Morgan fingerprint density at radius 1 is 1.17 bits per heavy atom. The lowest BCUT2D eigenvalue weighted by Crippen LogP contribution is -2.40. The lowest BCUT2D eigenvalue weighted by atomic mass is 10.0. The molecule has 1 fully saturated rings. The molecule has 3 aromatic heterocycles. The highest BCUT2D eigenvalue weighted by Gasteiger charge is 2.32. The number of hydrogen-bond acceptors (Lipinski definition) is 10. The quantitative estimate of drug-likeness (QED) is 0.244. The van der Waals surface area contributed by atoms with Gasteiger partial charge in [-0.3, -0.25) is 4.79 Å². The van der Waals surface area contributed by atoms with Crippen molar-refractivity contribution >= 4 is 45.0 Å². The maximum absolute atomic E-state index is 12.0. The first-order chi connectivity index (χ1) is 17.0. The van der Waals surface area contributed by atoms with E-state index < -0.39 is 6.04 Å². The highest BCUT2D eigenvalue weighted by atomic mass is 32.1. The van der Waals surface area contributed by atoms with Crippen molar-refractivity contribution in [3.63, 3.8) is 0 Å². The van der Waals surface area contributed by atoms with Gasteiger partial charge in [-0.05, 0) is 53.1 Å². The molecule has 0 bridgehead atoms. The zero-order chi connectivity index (χ0) is 24.5. The molecular formula is C23H25N7O4S. The second kappa shape index (κ2) is 9.58. The number of rotatable bonds is 8. The molecule has 4 aromatic rings. The molecule has 0 aliphatic carbocycles.